The topological polar surface area (TPSA) is 90.5 Å². The fraction of sp³-hybridized carbons (Fsp3) is 0.393. The van der Waals surface area contributed by atoms with E-state index in [1.54, 1.807) is 4.68 Å². The number of aromatic nitrogens is 6. The number of imidazole rings is 1. The molecule has 1 N–H and O–H groups in total. The lowest BCUT2D eigenvalue weighted by Crippen LogP contribution is -2.18. The molecule has 0 fully saturated rings. The number of anilines is 1. The summed E-state index contributed by atoms with van der Waals surface area (Å²) < 4.78 is 3.79. The lowest BCUT2D eigenvalue weighted by atomic mass is 9.87. The zero-order valence-electron chi connectivity index (χ0n) is 22.6. The third-order valence-electron chi connectivity index (χ3n) is 6.33. The number of benzene rings is 1. The number of carbonyl (C=O) groups excluding carboxylic acids is 1. The van der Waals surface area contributed by atoms with Crippen molar-refractivity contribution >= 4 is 11.6 Å². The first-order chi connectivity index (χ1) is 16.8. The molecule has 4 rings (SSSR count). The van der Waals surface area contributed by atoms with Crippen molar-refractivity contribution in [3.05, 3.63) is 71.1 Å². The zero-order chi connectivity index (χ0) is 26.4. The first kappa shape index (κ1) is 25.3. The Morgan fingerprint density at radius 3 is 2.31 bits per heavy atom. The quantitative estimate of drug-likeness (QED) is 0.411. The van der Waals surface area contributed by atoms with E-state index in [2.05, 4.69) is 71.7 Å². The average Bonchev–Trinajstić information content (AvgIpc) is 3.41. The van der Waals surface area contributed by atoms with Gasteiger partial charge in [0.1, 0.15) is 11.5 Å². The molecule has 8 heteroatoms. The van der Waals surface area contributed by atoms with Crippen LogP contribution in [-0.2, 0) is 17.9 Å². The van der Waals surface area contributed by atoms with E-state index in [0.29, 0.717) is 16.9 Å². The molecule has 0 saturated heterocycles. The van der Waals surface area contributed by atoms with Gasteiger partial charge in [-0.2, -0.15) is 0 Å². The van der Waals surface area contributed by atoms with E-state index in [1.165, 1.54) is 0 Å². The van der Waals surface area contributed by atoms with Crippen LogP contribution in [0.5, 0.6) is 0 Å². The Hall–Kier alpha value is -3.81. The third-order valence-corrected chi connectivity index (χ3v) is 6.33. The Labute approximate surface area is 212 Å². The van der Waals surface area contributed by atoms with Gasteiger partial charge in [-0.1, -0.05) is 52.8 Å². The van der Waals surface area contributed by atoms with Gasteiger partial charge in [-0.25, -0.2) is 9.67 Å². The molecule has 188 valence electrons. The number of nitrogens with zero attached hydrogens (tertiary/aromatic N) is 6. The molecule has 8 nitrogen and oxygen atoms in total. The van der Waals surface area contributed by atoms with Crippen LogP contribution in [0.2, 0.25) is 0 Å². The highest BCUT2D eigenvalue weighted by Crippen LogP contribution is 2.27. The molecule has 0 bridgehead atoms. The smallest absolute Gasteiger partial charge is 0.257 e. The van der Waals surface area contributed by atoms with Gasteiger partial charge in [0.15, 0.2) is 0 Å². The molecule has 0 aliphatic rings. The van der Waals surface area contributed by atoms with Crippen LogP contribution in [-0.4, -0.2) is 35.4 Å². The SMILES string of the molecule is Cc1ccc(NC(=O)c2cc(C(C)(C)C)cnc2C)cc1-n1cc(-c2cnc(C(C)(C)C)n2C)nn1. The summed E-state index contributed by atoms with van der Waals surface area (Å²) in [5.41, 5.74) is 6.26. The van der Waals surface area contributed by atoms with E-state index < -0.39 is 0 Å². The second-order valence-electron chi connectivity index (χ2n) is 11.4. The lowest BCUT2D eigenvalue weighted by molar-refractivity contribution is 0.102. The molecular weight excluding hydrogens is 450 g/mol. The molecule has 0 spiro atoms. The van der Waals surface area contributed by atoms with Crippen LogP contribution in [0.15, 0.2) is 42.9 Å². The third kappa shape index (κ3) is 4.94. The second-order valence-corrected chi connectivity index (χ2v) is 11.4. The summed E-state index contributed by atoms with van der Waals surface area (Å²) in [6.07, 6.45) is 5.56. The minimum Gasteiger partial charge on any atom is -0.329 e. The molecule has 0 saturated carbocycles. The van der Waals surface area contributed by atoms with Crippen LogP contribution in [0.1, 0.15) is 74.5 Å². The molecule has 1 aromatic carbocycles. The van der Waals surface area contributed by atoms with Gasteiger partial charge in [0.25, 0.3) is 5.91 Å². The van der Waals surface area contributed by atoms with E-state index in [9.17, 15) is 4.79 Å². The predicted molar refractivity (Wildman–Crippen MR) is 143 cm³/mol. The van der Waals surface area contributed by atoms with Gasteiger partial charge in [0.2, 0.25) is 0 Å². The molecule has 1 amide bonds. The number of hydrogen-bond donors (Lipinski definition) is 1. The molecule has 3 heterocycles. The maximum atomic E-state index is 13.2. The number of hydrogen-bond acceptors (Lipinski definition) is 5. The fourth-order valence-electron chi connectivity index (χ4n) is 4.15. The second kappa shape index (κ2) is 9.00. The van der Waals surface area contributed by atoms with Crippen molar-refractivity contribution in [3.63, 3.8) is 0 Å². The molecule has 0 aliphatic carbocycles. The van der Waals surface area contributed by atoms with Crippen LogP contribution in [0.25, 0.3) is 17.1 Å². The van der Waals surface area contributed by atoms with Gasteiger partial charge in [0.05, 0.1) is 29.3 Å². The van der Waals surface area contributed by atoms with E-state index in [4.69, 9.17) is 0 Å². The standard InChI is InChI=1S/C28H35N7O/c1-17-10-11-20(31-25(36)21-12-19(27(3,4)5)14-29-18(21)2)13-23(17)35-16-22(32-33-35)24-15-30-26(34(24)9)28(6,7)8/h10-16H,1-9H3,(H,31,36). The largest absolute Gasteiger partial charge is 0.329 e. The summed E-state index contributed by atoms with van der Waals surface area (Å²) in [5.74, 6) is 0.790. The van der Waals surface area contributed by atoms with E-state index in [0.717, 1.165) is 34.0 Å². The predicted octanol–water partition coefficient (Wildman–Crippen LogP) is 5.53. The summed E-state index contributed by atoms with van der Waals surface area (Å²) in [4.78, 5) is 22.2. The number of amides is 1. The van der Waals surface area contributed by atoms with Gasteiger partial charge in [0, 0.05) is 30.0 Å². The zero-order valence-corrected chi connectivity index (χ0v) is 22.6. The fourth-order valence-corrected chi connectivity index (χ4v) is 4.15. The van der Waals surface area contributed by atoms with Crippen molar-refractivity contribution in [1.29, 1.82) is 0 Å². The molecule has 3 aromatic heterocycles. The van der Waals surface area contributed by atoms with Crippen LogP contribution >= 0.6 is 0 Å². The highest BCUT2D eigenvalue weighted by Gasteiger charge is 2.23. The summed E-state index contributed by atoms with van der Waals surface area (Å²) in [6, 6.07) is 7.69. The van der Waals surface area contributed by atoms with Crippen molar-refractivity contribution in [2.45, 2.75) is 66.2 Å². The van der Waals surface area contributed by atoms with Gasteiger partial charge in [-0.3, -0.25) is 9.78 Å². The molecular formula is C28H35N7O. The Bertz CT molecular complexity index is 1430. The van der Waals surface area contributed by atoms with Crippen molar-refractivity contribution in [2.75, 3.05) is 5.32 Å². The lowest BCUT2D eigenvalue weighted by Gasteiger charge is -2.20. The number of carbonyl (C=O) groups is 1. The van der Waals surface area contributed by atoms with Crippen LogP contribution in [0, 0.1) is 13.8 Å². The summed E-state index contributed by atoms with van der Waals surface area (Å²) in [5, 5.41) is 11.8. The maximum absolute atomic E-state index is 13.2. The van der Waals surface area contributed by atoms with Crippen LogP contribution < -0.4 is 5.32 Å². The first-order valence-corrected chi connectivity index (χ1v) is 12.1. The van der Waals surface area contributed by atoms with Crippen molar-refractivity contribution in [1.82, 2.24) is 29.5 Å². The first-order valence-electron chi connectivity index (χ1n) is 12.1. The molecule has 0 unspecified atom stereocenters. The summed E-state index contributed by atoms with van der Waals surface area (Å²) in [6.45, 7) is 16.6. The van der Waals surface area contributed by atoms with E-state index >= 15 is 0 Å². The minimum absolute atomic E-state index is 0.0770. The number of pyridine rings is 1. The number of aryl methyl sites for hydroxylation is 2. The number of nitrogens with one attached hydrogen (secondary N) is 1. The van der Waals surface area contributed by atoms with Crippen molar-refractivity contribution in [3.8, 4) is 17.1 Å². The van der Waals surface area contributed by atoms with Gasteiger partial charge in [-0.05, 0) is 48.6 Å². The highest BCUT2D eigenvalue weighted by atomic mass is 16.1. The van der Waals surface area contributed by atoms with Crippen molar-refractivity contribution in [2.24, 2.45) is 7.05 Å². The average molecular weight is 486 g/mol. The molecule has 0 radical (unpaired) electrons. The van der Waals surface area contributed by atoms with Gasteiger partial charge >= 0.3 is 0 Å². The Morgan fingerprint density at radius 2 is 1.67 bits per heavy atom. The Balaban J connectivity index is 1.62. The molecule has 0 atom stereocenters. The van der Waals surface area contributed by atoms with E-state index in [-0.39, 0.29) is 16.7 Å². The highest BCUT2D eigenvalue weighted by molar-refractivity contribution is 6.05. The maximum Gasteiger partial charge on any atom is 0.257 e. The summed E-state index contributed by atoms with van der Waals surface area (Å²) >= 11 is 0. The molecule has 4 aromatic rings. The number of rotatable bonds is 4. The van der Waals surface area contributed by atoms with Crippen LogP contribution in [0.4, 0.5) is 5.69 Å². The molecule has 0 aliphatic heterocycles. The summed E-state index contributed by atoms with van der Waals surface area (Å²) in [7, 11) is 1.99. The van der Waals surface area contributed by atoms with Gasteiger partial charge in [-0.15, -0.1) is 5.10 Å². The van der Waals surface area contributed by atoms with Gasteiger partial charge < -0.3 is 9.88 Å². The molecule has 36 heavy (non-hydrogen) atoms. The Morgan fingerprint density at radius 1 is 0.944 bits per heavy atom. The monoisotopic (exact) mass is 485 g/mol. The normalized spacial score (nSPS) is 12.1. The Kier molecular flexibility index (Phi) is 6.32. The van der Waals surface area contributed by atoms with Crippen LogP contribution in [0.3, 0.4) is 0 Å². The minimum atomic E-state index is -0.190. The van der Waals surface area contributed by atoms with E-state index in [1.807, 2.05) is 63.8 Å². The van der Waals surface area contributed by atoms with Crippen molar-refractivity contribution < 1.29 is 4.79 Å².